The van der Waals surface area contributed by atoms with Crippen molar-refractivity contribution in [3.8, 4) is 0 Å². The van der Waals surface area contributed by atoms with Crippen LogP contribution in [-0.2, 0) is 0 Å². The maximum atomic E-state index is 4.36. The minimum Gasteiger partial charge on any atom is -0.0622 e. The molecule has 1 heterocycles. The summed E-state index contributed by atoms with van der Waals surface area (Å²) in [4.78, 5) is 5.53. The zero-order valence-corrected chi connectivity index (χ0v) is 9.95. The Morgan fingerprint density at radius 1 is 0.765 bits per heavy atom. The minimum absolute atomic E-state index is 1.02. The molecule has 0 bridgehead atoms. The van der Waals surface area contributed by atoms with Gasteiger partial charge < -0.3 is 0 Å². The first-order valence-corrected chi connectivity index (χ1v) is 6.24. The number of nitrogens with zero attached hydrogens (tertiary/aromatic N) is 1. The molecule has 0 spiro atoms. The lowest BCUT2D eigenvalue weighted by Gasteiger charge is -1.97. The average Bonchev–Trinajstić information content (AvgIpc) is 2.90. The van der Waals surface area contributed by atoms with Gasteiger partial charge >= 0.3 is 0 Å². The first-order valence-electron chi connectivity index (χ1n) is 5.43. The van der Waals surface area contributed by atoms with Crippen molar-refractivity contribution in [2.24, 2.45) is 4.99 Å². The first kappa shape index (κ1) is 10.3. The highest BCUT2D eigenvalue weighted by Crippen LogP contribution is 2.39. The van der Waals surface area contributed by atoms with Gasteiger partial charge in [-0.2, -0.15) is 0 Å². The zero-order chi connectivity index (χ0) is 11.5. The normalized spacial score (nSPS) is 13.9. The Labute approximate surface area is 105 Å². The Hall–Kier alpha value is -1.89. The molecule has 1 nitrogen and oxygen atoms in total. The Morgan fingerprint density at radius 2 is 1.35 bits per heavy atom. The van der Waals surface area contributed by atoms with E-state index < -0.39 is 0 Å². The van der Waals surface area contributed by atoms with Gasteiger partial charge in [0.1, 0.15) is 11.8 Å². The number of aliphatic imine (C=N–C) groups is 1. The van der Waals surface area contributed by atoms with Gasteiger partial charge in [0.2, 0.25) is 5.70 Å². The van der Waals surface area contributed by atoms with Crippen LogP contribution < -0.4 is 0 Å². The number of benzene rings is 2. The molecule has 0 N–H and O–H groups in total. The van der Waals surface area contributed by atoms with Gasteiger partial charge in [0.05, 0.1) is 5.56 Å². The molecule has 2 aromatic carbocycles. The van der Waals surface area contributed by atoms with Crippen molar-refractivity contribution < 1.29 is 0 Å². The standard InChI is InChI=1S/C15H10NS/c1-3-7-12(8-4-1)14-15(17-11-16-14)13-9-5-2-6-10-13/h1-10H/q+1. The van der Waals surface area contributed by atoms with E-state index >= 15 is 0 Å². The number of rotatable bonds is 2. The molecule has 1 aliphatic rings. The van der Waals surface area contributed by atoms with Crippen LogP contribution >= 0.6 is 11.8 Å². The van der Waals surface area contributed by atoms with Gasteiger partial charge in [-0.15, -0.1) is 0 Å². The molecule has 80 valence electrons. The van der Waals surface area contributed by atoms with E-state index in [0.29, 0.717) is 0 Å². The molecule has 0 saturated heterocycles. The summed E-state index contributed by atoms with van der Waals surface area (Å²) in [7, 11) is 0. The topological polar surface area (TPSA) is 12.4 Å². The Balaban J connectivity index is 2.10. The highest BCUT2D eigenvalue weighted by atomic mass is 32.2. The molecular formula is C15H10NS+. The van der Waals surface area contributed by atoms with E-state index in [4.69, 9.17) is 0 Å². The zero-order valence-electron chi connectivity index (χ0n) is 9.13. The summed E-state index contributed by atoms with van der Waals surface area (Å²) in [5.41, 5.74) is 6.34. The molecule has 2 heteroatoms. The second-order valence-electron chi connectivity index (χ2n) is 3.71. The predicted octanol–water partition coefficient (Wildman–Crippen LogP) is 4.16. The van der Waals surface area contributed by atoms with Crippen molar-refractivity contribution >= 4 is 27.9 Å². The summed E-state index contributed by atoms with van der Waals surface area (Å²) >= 11 is 1.56. The SMILES string of the molecule is [C+]1=NC(c2ccccc2)=C(c2ccccc2)S1. The molecule has 0 aromatic heterocycles. The van der Waals surface area contributed by atoms with Crippen LogP contribution in [0.1, 0.15) is 11.1 Å². The molecule has 0 atom stereocenters. The Kier molecular flexibility index (Phi) is 2.74. The van der Waals surface area contributed by atoms with Crippen LogP contribution in [0.25, 0.3) is 10.6 Å². The van der Waals surface area contributed by atoms with E-state index in [1.165, 1.54) is 10.5 Å². The van der Waals surface area contributed by atoms with Crippen LogP contribution in [0.4, 0.5) is 0 Å². The van der Waals surface area contributed by atoms with Crippen LogP contribution in [0.5, 0.6) is 0 Å². The van der Waals surface area contributed by atoms with E-state index in [0.717, 1.165) is 11.3 Å². The van der Waals surface area contributed by atoms with Crippen molar-refractivity contribution in [3.05, 3.63) is 71.8 Å². The van der Waals surface area contributed by atoms with Gasteiger partial charge in [0, 0.05) is 10.6 Å². The molecule has 2 aromatic rings. The monoisotopic (exact) mass is 236 g/mol. The van der Waals surface area contributed by atoms with E-state index in [-0.39, 0.29) is 0 Å². The molecule has 0 saturated carbocycles. The van der Waals surface area contributed by atoms with Gasteiger partial charge in [-0.25, -0.2) is 0 Å². The third kappa shape index (κ3) is 2.01. The Bertz CT molecular complexity index is 570. The van der Waals surface area contributed by atoms with E-state index in [1.807, 2.05) is 36.4 Å². The molecule has 17 heavy (non-hydrogen) atoms. The first-order chi connectivity index (χ1) is 8.45. The maximum absolute atomic E-state index is 4.36. The average molecular weight is 236 g/mol. The summed E-state index contributed by atoms with van der Waals surface area (Å²) < 4.78 is 0. The second-order valence-corrected chi connectivity index (χ2v) is 4.51. The van der Waals surface area contributed by atoms with Gasteiger partial charge in [0.25, 0.3) is 5.55 Å². The number of hydrogen-bond acceptors (Lipinski definition) is 2. The van der Waals surface area contributed by atoms with Crippen LogP contribution in [0.2, 0.25) is 0 Å². The smallest absolute Gasteiger partial charge is 0.0622 e. The van der Waals surface area contributed by atoms with Crippen LogP contribution in [0.3, 0.4) is 0 Å². The molecule has 0 radical (unpaired) electrons. The van der Waals surface area contributed by atoms with Crippen LogP contribution in [-0.4, -0.2) is 5.55 Å². The van der Waals surface area contributed by atoms with Crippen molar-refractivity contribution in [2.75, 3.05) is 0 Å². The summed E-state index contributed by atoms with van der Waals surface area (Å²) in [6.45, 7) is 0. The van der Waals surface area contributed by atoms with E-state index in [2.05, 4.69) is 34.8 Å². The summed E-state index contributed by atoms with van der Waals surface area (Å²) in [6, 6.07) is 20.6. The highest BCUT2D eigenvalue weighted by molar-refractivity contribution is 8.20. The van der Waals surface area contributed by atoms with Gasteiger partial charge in [-0.1, -0.05) is 48.5 Å². The van der Waals surface area contributed by atoms with Crippen molar-refractivity contribution in [1.29, 1.82) is 0 Å². The quantitative estimate of drug-likeness (QED) is 0.713. The summed E-state index contributed by atoms with van der Waals surface area (Å²) in [5.74, 6) is 0. The number of hydrogen-bond donors (Lipinski definition) is 0. The summed E-state index contributed by atoms with van der Waals surface area (Å²) in [5, 5.41) is 0. The molecule has 0 amide bonds. The fourth-order valence-corrected chi connectivity index (χ4v) is 2.53. The van der Waals surface area contributed by atoms with Crippen molar-refractivity contribution in [2.45, 2.75) is 0 Å². The molecule has 0 aliphatic carbocycles. The van der Waals surface area contributed by atoms with Crippen molar-refractivity contribution in [3.63, 3.8) is 0 Å². The fraction of sp³-hybridized carbons (Fsp3) is 0. The third-order valence-corrected chi connectivity index (χ3v) is 3.42. The molecule has 1 aliphatic heterocycles. The predicted molar refractivity (Wildman–Crippen MR) is 74.7 cm³/mol. The maximum Gasteiger partial charge on any atom is 0.272 e. The third-order valence-electron chi connectivity index (χ3n) is 2.60. The fourth-order valence-electron chi connectivity index (χ4n) is 1.79. The van der Waals surface area contributed by atoms with Gasteiger partial charge in [-0.3, -0.25) is 0 Å². The Morgan fingerprint density at radius 3 is 2.00 bits per heavy atom. The van der Waals surface area contributed by atoms with Crippen LogP contribution in [0.15, 0.2) is 65.7 Å². The van der Waals surface area contributed by atoms with Crippen LogP contribution in [0, 0.1) is 0 Å². The number of thioether (sulfide) groups is 1. The molecule has 3 rings (SSSR count). The lowest BCUT2D eigenvalue weighted by molar-refractivity contribution is 1.53. The largest absolute Gasteiger partial charge is 0.272 e. The van der Waals surface area contributed by atoms with Crippen molar-refractivity contribution in [1.82, 2.24) is 0 Å². The van der Waals surface area contributed by atoms with E-state index in [1.54, 1.807) is 11.8 Å². The lowest BCUT2D eigenvalue weighted by atomic mass is 10.1. The van der Waals surface area contributed by atoms with E-state index in [9.17, 15) is 0 Å². The highest BCUT2D eigenvalue weighted by Gasteiger charge is 2.27. The minimum atomic E-state index is 1.02. The second kappa shape index (κ2) is 4.54. The van der Waals surface area contributed by atoms with Gasteiger partial charge in [-0.05, 0) is 12.1 Å². The molecule has 0 unspecified atom stereocenters. The molecule has 0 fully saturated rings. The lowest BCUT2D eigenvalue weighted by Crippen LogP contribution is -1.83. The molecular weight excluding hydrogens is 226 g/mol. The van der Waals surface area contributed by atoms with Gasteiger partial charge in [0.15, 0.2) is 4.91 Å². The summed E-state index contributed by atoms with van der Waals surface area (Å²) in [6.07, 6.45) is 0.